The monoisotopic (exact) mass is 430 g/mol. The summed E-state index contributed by atoms with van der Waals surface area (Å²) in [6, 6.07) is 18.8. The summed E-state index contributed by atoms with van der Waals surface area (Å²) in [5.41, 5.74) is 4.42. The van der Waals surface area contributed by atoms with Gasteiger partial charge in [-0.05, 0) is 44.7 Å². The van der Waals surface area contributed by atoms with Gasteiger partial charge in [-0.15, -0.1) is 0 Å². The zero-order chi connectivity index (χ0) is 23.8. The highest BCUT2D eigenvalue weighted by Crippen LogP contribution is 2.38. The third-order valence-electron chi connectivity index (χ3n) is 5.75. The third-order valence-corrected chi connectivity index (χ3v) is 5.75. The van der Waals surface area contributed by atoms with Gasteiger partial charge in [0.1, 0.15) is 0 Å². The number of carboxylic acids is 2. The van der Waals surface area contributed by atoms with E-state index in [0.717, 1.165) is 16.7 Å². The van der Waals surface area contributed by atoms with E-state index in [1.807, 2.05) is 48.5 Å². The summed E-state index contributed by atoms with van der Waals surface area (Å²) < 4.78 is 0. The lowest BCUT2D eigenvalue weighted by Crippen LogP contribution is -2.12. The van der Waals surface area contributed by atoms with Crippen LogP contribution < -0.4 is 0 Å². The normalized spacial score (nSPS) is 11.9. The predicted octanol–water partition coefficient (Wildman–Crippen LogP) is 7.01. The van der Waals surface area contributed by atoms with Gasteiger partial charge in [0.2, 0.25) is 0 Å². The van der Waals surface area contributed by atoms with E-state index in [2.05, 4.69) is 41.5 Å². The molecule has 0 aliphatic rings. The number of hydrogen-bond acceptors (Lipinski definition) is 2. The van der Waals surface area contributed by atoms with Gasteiger partial charge in [0.25, 0.3) is 0 Å². The van der Waals surface area contributed by atoms with Crippen molar-refractivity contribution in [2.75, 3.05) is 0 Å². The average Bonchev–Trinajstić information content (AvgIpc) is 2.71. The molecule has 32 heavy (non-hydrogen) atoms. The van der Waals surface area contributed by atoms with Crippen molar-refractivity contribution in [3.63, 3.8) is 0 Å². The molecule has 0 radical (unpaired) electrons. The zero-order valence-corrected chi connectivity index (χ0v) is 19.5. The highest BCUT2D eigenvalue weighted by atomic mass is 16.4. The Morgan fingerprint density at radius 1 is 0.594 bits per heavy atom. The minimum atomic E-state index is -1.26. The number of rotatable bonds is 4. The number of aromatic carboxylic acids is 2. The van der Waals surface area contributed by atoms with E-state index in [1.165, 1.54) is 6.07 Å². The molecule has 4 heteroatoms. The topological polar surface area (TPSA) is 74.6 Å². The van der Waals surface area contributed by atoms with Crippen LogP contribution in [0.4, 0.5) is 0 Å². The van der Waals surface area contributed by atoms with Gasteiger partial charge in [-0.25, -0.2) is 9.59 Å². The SMILES string of the molecule is CC(C)(C)c1ccc(-c2ccc(C(=O)O)c(C(=O)O)c2-c2ccc(C(C)(C)C)cc2)cc1. The van der Waals surface area contributed by atoms with Crippen LogP contribution in [-0.2, 0) is 10.8 Å². The molecule has 3 aromatic rings. The molecule has 0 atom stereocenters. The molecular formula is C28H30O4. The van der Waals surface area contributed by atoms with Crippen molar-refractivity contribution in [1.29, 1.82) is 0 Å². The molecule has 166 valence electrons. The Kier molecular flexibility index (Phi) is 6.01. The Balaban J connectivity index is 2.30. The lowest BCUT2D eigenvalue weighted by Gasteiger charge is -2.21. The fraction of sp³-hybridized carbons (Fsp3) is 0.286. The summed E-state index contributed by atoms with van der Waals surface area (Å²) >= 11 is 0. The molecule has 4 nitrogen and oxygen atoms in total. The molecule has 0 aliphatic carbocycles. The lowest BCUT2D eigenvalue weighted by atomic mass is 9.83. The smallest absolute Gasteiger partial charge is 0.337 e. The van der Waals surface area contributed by atoms with Crippen LogP contribution in [0.25, 0.3) is 22.3 Å². The number of carboxylic acid groups (broad SMARTS) is 2. The molecule has 2 N–H and O–H groups in total. The van der Waals surface area contributed by atoms with Crippen molar-refractivity contribution in [3.05, 3.63) is 82.9 Å². The largest absolute Gasteiger partial charge is 0.478 e. The average molecular weight is 431 g/mol. The van der Waals surface area contributed by atoms with Crippen LogP contribution in [0.3, 0.4) is 0 Å². The Hall–Kier alpha value is -3.40. The summed E-state index contributed by atoms with van der Waals surface area (Å²) in [6.07, 6.45) is 0. The van der Waals surface area contributed by atoms with Crippen molar-refractivity contribution in [2.45, 2.75) is 52.4 Å². The first-order chi connectivity index (χ1) is 14.8. The summed E-state index contributed by atoms with van der Waals surface area (Å²) in [4.78, 5) is 24.1. The third kappa shape index (κ3) is 4.59. The maximum Gasteiger partial charge on any atom is 0.337 e. The van der Waals surface area contributed by atoms with Crippen LogP contribution in [0.5, 0.6) is 0 Å². The Morgan fingerprint density at radius 2 is 1.03 bits per heavy atom. The fourth-order valence-corrected chi connectivity index (χ4v) is 3.83. The van der Waals surface area contributed by atoms with Gasteiger partial charge >= 0.3 is 11.9 Å². The number of benzene rings is 3. The van der Waals surface area contributed by atoms with Crippen LogP contribution >= 0.6 is 0 Å². The summed E-state index contributed by atoms with van der Waals surface area (Å²) in [6.45, 7) is 12.7. The van der Waals surface area contributed by atoms with Crippen LogP contribution in [0, 0.1) is 0 Å². The minimum absolute atomic E-state index is 0.0104. The van der Waals surface area contributed by atoms with E-state index in [0.29, 0.717) is 16.7 Å². The first kappa shape index (κ1) is 23.3. The van der Waals surface area contributed by atoms with Gasteiger partial charge in [-0.2, -0.15) is 0 Å². The molecule has 0 aromatic heterocycles. The second-order valence-electron chi connectivity index (χ2n) is 10.2. The van der Waals surface area contributed by atoms with Crippen LogP contribution in [0.2, 0.25) is 0 Å². The van der Waals surface area contributed by atoms with Crippen molar-refractivity contribution >= 4 is 11.9 Å². The highest BCUT2D eigenvalue weighted by molar-refractivity contribution is 6.09. The summed E-state index contributed by atoms with van der Waals surface area (Å²) in [5, 5.41) is 19.7. The van der Waals surface area contributed by atoms with E-state index in [-0.39, 0.29) is 22.0 Å². The maximum absolute atomic E-state index is 12.3. The molecule has 0 aliphatic heterocycles. The molecule has 0 saturated carbocycles. The highest BCUT2D eigenvalue weighted by Gasteiger charge is 2.25. The molecule has 0 heterocycles. The molecule has 3 rings (SSSR count). The van der Waals surface area contributed by atoms with Crippen LogP contribution in [-0.4, -0.2) is 22.2 Å². The summed E-state index contributed by atoms with van der Waals surface area (Å²) in [7, 11) is 0. The number of carbonyl (C=O) groups is 2. The Labute approximate surface area is 189 Å². The van der Waals surface area contributed by atoms with E-state index in [1.54, 1.807) is 6.07 Å². The van der Waals surface area contributed by atoms with Gasteiger partial charge < -0.3 is 10.2 Å². The Morgan fingerprint density at radius 3 is 1.41 bits per heavy atom. The molecule has 0 spiro atoms. The zero-order valence-electron chi connectivity index (χ0n) is 19.5. The van der Waals surface area contributed by atoms with Crippen molar-refractivity contribution in [1.82, 2.24) is 0 Å². The van der Waals surface area contributed by atoms with Crippen LogP contribution in [0.15, 0.2) is 60.7 Å². The quantitative estimate of drug-likeness (QED) is 0.467. The van der Waals surface area contributed by atoms with E-state index >= 15 is 0 Å². The van der Waals surface area contributed by atoms with E-state index < -0.39 is 11.9 Å². The van der Waals surface area contributed by atoms with Gasteiger partial charge in [-0.1, -0.05) is 96.1 Å². The second kappa shape index (κ2) is 8.27. The number of hydrogen-bond donors (Lipinski definition) is 2. The Bertz CT molecular complexity index is 1160. The van der Waals surface area contributed by atoms with Crippen LogP contribution in [0.1, 0.15) is 73.4 Å². The fourth-order valence-electron chi connectivity index (χ4n) is 3.83. The molecule has 0 bridgehead atoms. The van der Waals surface area contributed by atoms with Gasteiger partial charge in [0, 0.05) is 5.56 Å². The second-order valence-corrected chi connectivity index (χ2v) is 10.2. The van der Waals surface area contributed by atoms with Crippen molar-refractivity contribution < 1.29 is 19.8 Å². The minimum Gasteiger partial charge on any atom is -0.478 e. The molecule has 3 aromatic carbocycles. The van der Waals surface area contributed by atoms with Crippen molar-refractivity contribution in [3.8, 4) is 22.3 Å². The lowest BCUT2D eigenvalue weighted by molar-refractivity contribution is 0.0652. The standard InChI is InChI=1S/C28H30O4/c1-27(2,3)19-11-7-17(8-12-19)21-15-16-22(25(29)30)24(26(31)32)23(21)18-9-13-20(14-10-18)28(4,5)6/h7-16H,1-6H3,(H,29,30)(H,31,32). The van der Waals surface area contributed by atoms with Gasteiger partial charge in [0.05, 0.1) is 11.1 Å². The molecular weight excluding hydrogens is 400 g/mol. The van der Waals surface area contributed by atoms with Gasteiger partial charge in [0.15, 0.2) is 0 Å². The van der Waals surface area contributed by atoms with E-state index in [9.17, 15) is 19.8 Å². The molecule has 0 fully saturated rings. The van der Waals surface area contributed by atoms with Crippen molar-refractivity contribution in [2.24, 2.45) is 0 Å². The predicted molar refractivity (Wildman–Crippen MR) is 129 cm³/mol. The van der Waals surface area contributed by atoms with Gasteiger partial charge in [-0.3, -0.25) is 0 Å². The van der Waals surface area contributed by atoms with E-state index in [4.69, 9.17) is 0 Å². The summed E-state index contributed by atoms with van der Waals surface area (Å²) in [5.74, 6) is -2.52. The maximum atomic E-state index is 12.3. The molecule has 0 amide bonds. The first-order valence-electron chi connectivity index (χ1n) is 10.7. The molecule has 0 saturated heterocycles. The molecule has 0 unspecified atom stereocenters. The first-order valence-corrected chi connectivity index (χ1v) is 10.7.